The first-order valence-electron chi connectivity index (χ1n) is 13.8. The first-order chi connectivity index (χ1) is 16.6. The van der Waals surface area contributed by atoms with Crippen molar-refractivity contribution in [1.29, 1.82) is 0 Å². The Morgan fingerprint density at radius 1 is 0.771 bits per heavy atom. The summed E-state index contributed by atoms with van der Waals surface area (Å²) in [5.74, 6) is -2.80. The number of Topliss-reactive ketones (excluding diaryl/α,β-unsaturated/α-hetero) is 1. The van der Waals surface area contributed by atoms with Crippen molar-refractivity contribution in [1.82, 2.24) is 5.32 Å². The molecule has 2 atom stereocenters. The predicted molar refractivity (Wildman–Crippen MR) is 141 cm³/mol. The molecule has 0 fully saturated rings. The summed E-state index contributed by atoms with van der Waals surface area (Å²) < 4.78 is 11.4. The minimum absolute atomic E-state index is 0.0105. The van der Waals surface area contributed by atoms with Gasteiger partial charge in [0, 0.05) is 13.0 Å². The number of hydrogen-bond donors (Lipinski definition) is 4. The third-order valence-electron chi connectivity index (χ3n) is 6.25. The van der Waals surface area contributed by atoms with Crippen molar-refractivity contribution in [2.75, 3.05) is 13.1 Å². The third kappa shape index (κ3) is 20.1. The molecule has 2 unspecified atom stereocenters. The zero-order valence-electron chi connectivity index (χ0n) is 22.3. The minimum Gasteiger partial charge on any atom is -0.593 e. The van der Waals surface area contributed by atoms with Gasteiger partial charge in [-0.2, -0.15) is 0 Å². The molecule has 0 bridgehead atoms. The highest BCUT2D eigenvalue weighted by molar-refractivity contribution is 7.39. The highest BCUT2D eigenvalue weighted by Gasteiger charge is 2.48. The lowest BCUT2D eigenvalue weighted by Crippen LogP contribution is -2.49. The van der Waals surface area contributed by atoms with Gasteiger partial charge in [-0.1, -0.05) is 101 Å². The maximum atomic E-state index is 12.2. The summed E-state index contributed by atoms with van der Waals surface area (Å²) in [6, 6.07) is 0. The summed E-state index contributed by atoms with van der Waals surface area (Å²) in [7, 11) is -3.40. The Hall–Kier alpha value is -0.690. The van der Waals surface area contributed by atoms with Gasteiger partial charge in [0.25, 0.3) is 0 Å². The summed E-state index contributed by atoms with van der Waals surface area (Å²) in [5, 5.41) is 28.6. The molecule has 0 aliphatic rings. The van der Waals surface area contributed by atoms with E-state index >= 15 is 0 Å². The molecule has 206 valence electrons. The van der Waals surface area contributed by atoms with Crippen LogP contribution in [0.15, 0.2) is 12.2 Å². The van der Waals surface area contributed by atoms with E-state index in [0.29, 0.717) is 6.42 Å². The molecule has 0 spiro atoms. The molecule has 0 aliphatic carbocycles. The molecule has 0 amide bonds. The summed E-state index contributed by atoms with van der Waals surface area (Å²) in [5.41, 5.74) is 0. The van der Waals surface area contributed by atoms with Crippen LogP contribution in [0.3, 0.4) is 0 Å². The molecule has 0 radical (unpaired) electrons. The number of nitrogens with one attached hydrogen (secondary N) is 1. The molecule has 0 saturated heterocycles. The highest BCUT2D eigenvalue weighted by atomic mass is 31.1. The average molecular weight is 518 g/mol. The van der Waals surface area contributed by atoms with Crippen LogP contribution in [-0.4, -0.2) is 45.3 Å². The van der Waals surface area contributed by atoms with Crippen molar-refractivity contribution in [3.8, 4) is 0 Å². The topological polar surface area (TPSA) is 130 Å². The average Bonchev–Trinajstić information content (AvgIpc) is 2.79. The second-order valence-electron chi connectivity index (χ2n) is 10.1. The van der Waals surface area contributed by atoms with Crippen molar-refractivity contribution in [3.63, 3.8) is 0 Å². The van der Waals surface area contributed by atoms with E-state index in [0.717, 1.165) is 26.2 Å². The van der Waals surface area contributed by atoms with Gasteiger partial charge in [-0.05, 0) is 39.0 Å². The lowest BCUT2D eigenvalue weighted by molar-refractivity contribution is -0.181. The van der Waals surface area contributed by atoms with Gasteiger partial charge in [0.05, 0.1) is 6.54 Å². The van der Waals surface area contributed by atoms with Gasteiger partial charge >= 0.3 is 13.4 Å². The molecule has 0 aromatic rings. The Morgan fingerprint density at radius 2 is 1.20 bits per heavy atom. The SMILES string of the molecule is CCCCCCCC/C=C\CCCCCCCCCCCC(=O)C(O)(CNCC(C)(O)O)[P+](=O)[O-]. The Morgan fingerprint density at radius 3 is 1.63 bits per heavy atom. The molecule has 35 heavy (non-hydrogen) atoms. The first-order valence-corrected chi connectivity index (χ1v) is 15.0. The smallest absolute Gasteiger partial charge is 0.354 e. The van der Waals surface area contributed by atoms with Gasteiger partial charge in [0.1, 0.15) is 0 Å². The molecule has 8 heteroatoms. The van der Waals surface area contributed by atoms with Crippen molar-refractivity contribution in [2.24, 2.45) is 0 Å². The van der Waals surface area contributed by atoms with Crippen LogP contribution >= 0.6 is 8.03 Å². The Labute approximate surface area is 214 Å². The summed E-state index contributed by atoms with van der Waals surface area (Å²) >= 11 is 0. The summed E-state index contributed by atoms with van der Waals surface area (Å²) in [6.07, 6.45) is 24.8. The van der Waals surface area contributed by atoms with E-state index < -0.39 is 31.5 Å². The van der Waals surface area contributed by atoms with Crippen molar-refractivity contribution >= 4 is 13.8 Å². The second-order valence-corrected chi connectivity index (χ2v) is 11.3. The number of aliphatic hydroxyl groups is 3. The zero-order valence-corrected chi connectivity index (χ0v) is 23.2. The Kier molecular flexibility index (Phi) is 21.0. The van der Waals surface area contributed by atoms with E-state index in [1.54, 1.807) is 0 Å². The fourth-order valence-electron chi connectivity index (χ4n) is 4.00. The fraction of sp³-hybridized carbons (Fsp3) is 0.889. The maximum absolute atomic E-state index is 12.2. The molecule has 0 heterocycles. The maximum Gasteiger partial charge on any atom is 0.354 e. The predicted octanol–water partition coefficient (Wildman–Crippen LogP) is 5.24. The number of ketones is 1. The third-order valence-corrected chi connectivity index (χ3v) is 7.26. The monoisotopic (exact) mass is 517 g/mol. The van der Waals surface area contributed by atoms with Crippen LogP contribution in [0.4, 0.5) is 0 Å². The number of hydrogen-bond acceptors (Lipinski definition) is 7. The quantitative estimate of drug-likeness (QED) is 0.0564. The van der Waals surface area contributed by atoms with Crippen LogP contribution in [0.1, 0.15) is 129 Å². The van der Waals surface area contributed by atoms with Gasteiger partial charge in [0.15, 0.2) is 5.79 Å². The van der Waals surface area contributed by atoms with E-state index in [1.807, 2.05) is 0 Å². The van der Waals surface area contributed by atoms with Crippen LogP contribution in [0.5, 0.6) is 0 Å². The standard InChI is InChI=1S/C27H52NO6P/c1-3-4-5-6-7-8-9-10-11-12-13-14-15-16-17-18-19-20-21-22-25(29)27(32,35(33)34)24-28-23-26(2,30)31/h10-11,28,30-32H,3-9,12-24H2,1-2H3/b11-10-. The van der Waals surface area contributed by atoms with Crippen molar-refractivity contribution in [3.05, 3.63) is 12.2 Å². The van der Waals surface area contributed by atoms with Crippen LogP contribution in [0.25, 0.3) is 0 Å². The largest absolute Gasteiger partial charge is 0.593 e. The van der Waals surface area contributed by atoms with Crippen LogP contribution in [0, 0.1) is 0 Å². The number of allylic oxidation sites excluding steroid dienone is 2. The Balaban J connectivity index is 3.65. The first kappa shape index (κ1) is 34.3. The van der Waals surface area contributed by atoms with Gasteiger partial charge in [0.2, 0.25) is 5.78 Å². The molecule has 0 aromatic carbocycles. The van der Waals surface area contributed by atoms with E-state index in [9.17, 15) is 29.6 Å². The summed E-state index contributed by atoms with van der Waals surface area (Å²) in [6.45, 7) is 2.45. The number of carbonyl (C=O) groups excluding carboxylic acids is 1. The molecule has 0 aliphatic heterocycles. The zero-order chi connectivity index (χ0) is 26.4. The van der Waals surface area contributed by atoms with Crippen molar-refractivity contribution < 1.29 is 29.6 Å². The Bertz CT molecular complexity index is 579. The van der Waals surface area contributed by atoms with E-state index in [2.05, 4.69) is 24.4 Å². The van der Waals surface area contributed by atoms with Gasteiger partial charge in [-0.3, -0.25) is 4.79 Å². The molecule has 0 rings (SSSR count). The highest BCUT2D eigenvalue weighted by Crippen LogP contribution is 2.31. The molecule has 7 nitrogen and oxygen atoms in total. The lowest BCUT2D eigenvalue weighted by Gasteiger charge is -2.21. The second kappa shape index (κ2) is 21.4. The van der Waals surface area contributed by atoms with Crippen LogP contribution in [-0.2, 0) is 9.36 Å². The fourth-order valence-corrected chi connectivity index (χ4v) is 4.56. The lowest BCUT2D eigenvalue weighted by atomic mass is 10.0. The van der Waals surface area contributed by atoms with E-state index in [4.69, 9.17) is 0 Å². The number of rotatable bonds is 25. The molecule has 0 saturated carbocycles. The van der Waals surface area contributed by atoms with Gasteiger partial charge in [-0.25, -0.2) is 0 Å². The summed E-state index contributed by atoms with van der Waals surface area (Å²) in [4.78, 5) is 23.7. The van der Waals surface area contributed by atoms with Crippen LogP contribution in [0.2, 0.25) is 0 Å². The van der Waals surface area contributed by atoms with Gasteiger partial charge in [-0.15, -0.1) is 0 Å². The van der Waals surface area contributed by atoms with Crippen LogP contribution < -0.4 is 10.2 Å². The van der Waals surface area contributed by atoms with E-state index in [-0.39, 0.29) is 13.0 Å². The van der Waals surface area contributed by atoms with E-state index in [1.165, 1.54) is 83.5 Å². The molecule has 4 N–H and O–H groups in total. The minimum atomic E-state index is -3.40. The van der Waals surface area contributed by atoms with Crippen molar-refractivity contribution in [2.45, 2.75) is 141 Å². The number of carbonyl (C=O) groups is 1. The van der Waals surface area contributed by atoms with Gasteiger partial charge < -0.3 is 25.5 Å². The molecular weight excluding hydrogens is 465 g/mol. The number of unbranched alkanes of at least 4 members (excludes halogenated alkanes) is 15. The molecule has 0 aromatic heterocycles. The normalized spacial score (nSPS) is 14.4. The molecular formula is C27H52NO6P.